The van der Waals surface area contributed by atoms with E-state index in [4.69, 9.17) is 4.42 Å². The summed E-state index contributed by atoms with van der Waals surface area (Å²) in [5, 5.41) is 0.717. The second-order valence-corrected chi connectivity index (χ2v) is 3.58. The summed E-state index contributed by atoms with van der Waals surface area (Å²) in [4.78, 5) is 4.19. The summed E-state index contributed by atoms with van der Waals surface area (Å²) in [6.07, 6.45) is 2.51. The number of nitrogens with zero attached hydrogens (tertiary/aromatic N) is 1. The van der Waals surface area contributed by atoms with Gasteiger partial charge in [-0.25, -0.2) is 4.98 Å². The molecule has 72 valence electrons. The molecule has 1 aromatic carbocycles. The van der Waals surface area contributed by atoms with Gasteiger partial charge in [-0.3, -0.25) is 0 Å². The predicted molar refractivity (Wildman–Crippen MR) is 58.4 cm³/mol. The zero-order valence-corrected chi connectivity index (χ0v) is 9.20. The zero-order chi connectivity index (χ0) is 9.80. The topological polar surface area (TPSA) is 26.0 Å². The van der Waals surface area contributed by atoms with Crippen molar-refractivity contribution in [1.29, 1.82) is 0 Å². The van der Waals surface area contributed by atoms with Crippen LogP contribution in [-0.2, 0) is 11.8 Å². The van der Waals surface area contributed by atoms with Crippen molar-refractivity contribution in [2.24, 2.45) is 0 Å². The average molecular weight is 252 g/mol. The average Bonchev–Trinajstić information content (AvgIpc) is 2.67. The smallest absolute Gasteiger partial charge is 0.198 e. The number of hydrogen-bond donors (Lipinski definition) is 0. The Bertz CT molecular complexity index is 397. The highest BCUT2D eigenvalue weighted by molar-refractivity contribution is 9.08. The van der Waals surface area contributed by atoms with Crippen LogP contribution >= 0.6 is 15.9 Å². The second-order valence-electron chi connectivity index (χ2n) is 3.02. The normalized spacial score (nSPS) is 10.4. The lowest BCUT2D eigenvalue weighted by atomic mass is 10.2. The summed E-state index contributed by atoms with van der Waals surface area (Å²) in [5.41, 5.74) is 1.22. The van der Waals surface area contributed by atoms with E-state index in [1.54, 1.807) is 6.20 Å². The van der Waals surface area contributed by atoms with Crippen LogP contribution in [-0.4, -0.2) is 4.98 Å². The fourth-order valence-corrected chi connectivity index (χ4v) is 1.52. The molecule has 14 heavy (non-hydrogen) atoms. The van der Waals surface area contributed by atoms with Crippen LogP contribution in [0.2, 0.25) is 0 Å². The van der Waals surface area contributed by atoms with E-state index in [9.17, 15) is 0 Å². The summed E-state index contributed by atoms with van der Waals surface area (Å²) >= 11 is 3.32. The van der Waals surface area contributed by atoms with Gasteiger partial charge in [0, 0.05) is 6.42 Å². The second kappa shape index (κ2) is 4.42. The molecule has 0 aliphatic rings. The Kier molecular flexibility index (Phi) is 2.99. The monoisotopic (exact) mass is 251 g/mol. The van der Waals surface area contributed by atoms with Gasteiger partial charge in [-0.15, -0.1) is 0 Å². The molecule has 1 heterocycles. The van der Waals surface area contributed by atoms with Crippen LogP contribution in [0.3, 0.4) is 0 Å². The molecule has 0 fully saturated rings. The van der Waals surface area contributed by atoms with Crippen LogP contribution in [0.5, 0.6) is 0 Å². The number of hydrogen-bond acceptors (Lipinski definition) is 2. The van der Waals surface area contributed by atoms with Gasteiger partial charge in [0.2, 0.25) is 0 Å². The third-order valence-electron chi connectivity index (χ3n) is 1.93. The molecule has 0 N–H and O–H groups in total. The SMILES string of the molecule is BrCc1cnc(Cc2ccccc2)o1. The maximum atomic E-state index is 5.48. The molecule has 0 radical (unpaired) electrons. The molecule has 0 saturated heterocycles. The number of oxazole rings is 1. The Balaban J connectivity index is 2.11. The maximum absolute atomic E-state index is 5.48. The van der Waals surface area contributed by atoms with E-state index in [-0.39, 0.29) is 0 Å². The lowest BCUT2D eigenvalue weighted by molar-refractivity contribution is 0.479. The van der Waals surface area contributed by atoms with E-state index in [0.29, 0.717) is 0 Å². The van der Waals surface area contributed by atoms with Crippen molar-refractivity contribution in [2.75, 3.05) is 0 Å². The highest BCUT2D eigenvalue weighted by atomic mass is 79.9. The van der Waals surface area contributed by atoms with E-state index in [1.807, 2.05) is 18.2 Å². The number of benzene rings is 1. The molecule has 1 aromatic heterocycles. The van der Waals surface area contributed by atoms with Crippen LogP contribution in [0.25, 0.3) is 0 Å². The third-order valence-corrected chi connectivity index (χ3v) is 2.48. The number of aromatic nitrogens is 1. The highest BCUT2D eigenvalue weighted by Gasteiger charge is 2.03. The van der Waals surface area contributed by atoms with Crippen molar-refractivity contribution in [1.82, 2.24) is 4.98 Å². The summed E-state index contributed by atoms with van der Waals surface area (Å²) in [6, 6.07) is 10.2. The molecule has 2 rings (SSSR count). The lowest BCUT2D eigenvalue weighted by Gasteiger charge is -1.95. The number of rotatable bonds is 3. The Morgan fingerprint density at radius 2 is 2.00 bits per heavy atom. The largest absolute Gasteiger partial charge is 0.444 e. The van der Waals surface area contributed by atoms with Gasteiger partial charge in [0.05, 0.1) is 11.5 Å². The standard InChI is InChI=1S/C11H10BrNO/c12-7-10-8-13-11(14-10)6-9-4-2-1-3-5-9/h1-5,8H,6-7H2. The van der Waals surface area contributed by atoms with Gasteiger partial charge < -0.3 is 4.42 Å². The molecule has 0 aliphatic carbocycles. The van der Waals surface area contributed by atoms with Gasteiger partial charge in [0.15, 0.2) is 5.89 Å². The van der Waals surface area contributed by atoms with E-state index < -0.39 is 0 Å². The molecule has 0 spiro atoms. The minimum Gasteiger partial charge on any atom is -0.444 e. The Morgan fingerprint density at radius 3 is 2.64 bits per heavy atom. The van der Waals surface area contributed by atoms with Gasteiger partial charge >= 0.3 is 0 Å². The van der Waals surface area contributed by atoms with Crippen molar-refractivity contribution in [3.8, 4) is 0 Å². The third kappa shape index (κ3) is 2.23. The number of alkyl halides is 1. The van der Waals surface area contributed by atoms with E-state index in [1.165, 1.54) is 5.56 Å². The molecule has 2 aromatic rings. The summed E-state index contributed by atoms with van der Waals surface area (Å²) in [5.74, 6) is 1.64. The van der Waals surface area contributed by atoms with Gasteiger partial charge in [0.25, 0.3) is 0 Å². The maximum Gasteiger partial charge on any atom is 0.198 e. The fraction of sp³-hybridized carbons (Fsp3) is 0.182. The van der Waals surface area contributed by atoms with Crippen LogP contribution in [0.1, 0.15) is 17.2 Å². The first kappa shape index (κ1) is 9.46. The molecule has 0 aliphatic heterocycles. The number of halogens is 1. The molecule has 0 atom stereocenters. The van der Waals surface area contributed by atoms with Gasteiger partial charge in [0.1, 0.15) is 5.76 Å². The molecular weight excluding hydrogens is 242 g/mol. The van der Waals surface area contributed by atoms with E-state index in [2.05, 4.69) is 33.0 Å². The summed E-state index contributed by atoms with van der Waals surface area (Å²) in [7, 11) is 0. The molecule has 0 saturated carbocycles. The van der Waals surface area contributed by atoms with Crippen LogP contribution < -0.4 is 0 Å². The van der Waals surface area contributed by atoms with E-state index >= 15 is 0 Å². The van der Waals surface area contributed by atoms with E-state index in [0.717, 1.165) is 23.4 Å². The quantitative estimate of drug-likeness (QED) is 0.784. The van der Waals surface area contributed by atoms with Gasteiger partial charge in [-0.1, -0.05) is 46.3 Å². The highest BCUT2D eigenvalue weighted by Crippen LogP contribution is 2.11. The van der Waals surface area contributed by atoms with Crippen molar-refractivity contribution in [2.45, 2.75) is 11.8 Å². The minimum atomic E-state index is 0.717. The zero-order valence-electron chi connectivity index (χ0n) is 7.61. The first-order valence-electron chi connectivity index (χ1n) is 4.42. The van der Waals surface area contributed by atoms with Crippen LogP contribution in [0, 0.1) is 0 Å². The lowest BCUT2D eigenvalue weighted by Crippen LogP contribution is -1.86. The Hall–Kier alpha value is -1.09. The molecule has 0 amide bonds. The predicted octanol–water partition coefficient (Wildman–Crippen LogP) is 3.16. The Morgan fingerprint density at radius 1 is 1.21 bits per heavy atom. The van der Waals surface area contributed by atoms with Crippen molar-refractivity contribution >= 4 is 15.9 Å². The first-order valence-corrected chi connectivity index (χ1v) is 5.54. The van der Waals surface area contributed by atoms with Gasteiger partial charge in [-0.2, -0.15) is 0 Å². The Labute approximate surface area is 91.1 Å². The van der Waals surface area contributed by atoms with Crippen molar-refractivity contribution < 1.29 is 4.42 Å². The molecule has 0 unspecified atom stereocenters. The van der Waals surface area contributed by atoms with Crippen molar-refractivity contribution in [3.63, 3.8) is 0 Å². The molecule has 3 heteroatoms. The fourth-order valence-electron chi connectivity index (χ4n) is 1.26. The molecule has 2 nitrogen and oxygen atoms in total. The molecule has 0 bridgehead atoms. The van der Waals surface area contributed by atoms with Crippen LogP contribution in [0.4, 0.5) is 0 Å². The molecular formula is C11H10BrNO. The first-order chi connectivity index (χ1) is 6.88. The van der Waals surface area contributed by atoms with Crippen LogP contribution in [0.15, 0.2) is 40.9 Å². The minimum absolute atomic E-state index is 0.717. The summed E-state index contributed by atoms with van der Waals surface area (Å²) < 4.78 is 5.48. The summed E-state index contributed by atoms with van der Waals surface area (Å²) in [6.45, 7) is 0. The van der Waals surface area contributed by atoms with Gasteiger partial charge in [-0.05, 0) is 5.56 Å². The van der Waals surface area contributed by atoms with Crippen molar-refractivity contribution in [3.05, 3.63) is 53.7 Å².